The summed E-state index contributed by atoms with van der Waals surface area (Å²) in [5.74, 6) is 0.299. The van der Waals surface area contributed by atoms with Crippen molar-refractivity contribution in [3.8, 4) is 5.75 Å². The van der Waals surface area contributed by atoms with Crippen molar-refractivity contribution < 1.29 is 4.74 Å². The summed E-state index contributed by atoms with van der Waals surface area (Å²) in [5, 5.41) is 4.75. The van der Waals surface area contributed by atoms with Crippen LogP contribution in [0.2, 0.25) is 10.0 Å². The molecule has 4 nitrogen and oxygen atoms in total. The molecule has 21 heavy (non-hydrogen) atoms. The zero-order chi connectivity index (χ0) is 15.4. The SMILES string of the molecule is CCC(Oc1cnn(CC)c(=O)c1Cl)c1ccc(Cl)cc1. The number of nitrogens with zero attached hydrogens (tertiary/aromatic N) is 2. The van der Waals surface area contributed by atoms with Gasteiger partial charge in [-0.05, 0) is 31.0 Å². The first-order chi connectivity index (χ1) is 10.1. The maximum Gasteiger partial charge on any atom is 0.289 e. The van der Waals surface area contributed by atoms with E-state index >= 15 is 0 Å². The van der Waals surface area contributed by atoms with Crippen LogP contribution < -0.4 is 10.3 Å². The zero-order valence-corrected chi connectivity index (χ0v) is 13.4. The highest BCUT2D eigenvalue weighted by atomic mass is 35.5. The van der Waals surface area contributed by atoms with Crippen LogP contribution in [0.15, 0.2) is 35.3 Å². The van der Waals surface area contributed by atoms with Crippen molar-refractivity contribution in [1.29, 1.82) is 0 Å². The monoisotopic (exact) mass is 326 g/mol. The van der Waals surface area contributed by atoms with E-state index in [1.807, 2.05) is 26.0 Å². The molecule has 1 aromatic carbocycles. The minimum Gasteiger partial charge on any atom is -0.482 e. The molecular formula is C15H16Cl2N2O2. The average molecular weight is 327 g/mol. The molecule has 6 heteroatoms. The largest absolute Gasteiger partial charge is 0.482 e. The van der Waals surface area contributed by atoms with Crippen LogP contribution in [0.3, 0.4) is 0 Å². The Bertz CT molecular complexity index is 668. The van der Waals surface area contributed by atoms with Crippen molar-refractivity contribution in [2.75, 3.05) is 0 Å². The van der Waals surface area contributed by atoms with Crippen molar-refractivity contribution in [2.45, 2.75) is 32.9 Å². The lowest BCUT2D eigenvalue weighted by molar-refractivity contribution is 0.199. The number of aromatic nitrogens is 2. The van der Waals surface area contributed by atoms with E-state index in [-0.39, 0.29) is 16.7 Å². The molecule has 0 amide bonds. The number of aryl methyl sites for hydroxylation is 1. The summed E-state index contributed by atoms with van der Waals surface area (Å²) in [6, 6.07) is 7.39. The molecular weight excluding hydrogens is 311 g/mol. The lowest BCUT2D eigenvalue weighted by Gasteiger charge is -2.18. The summed E-state index contributed by atoms with van der Waals surface area (Å²) in [4.78, 5) is 11.9. The van der Waals surface area contributed by atoms with Gasteiger partial charge in [-0.25, -0.2) is 4.68 Å². The van der Waals surface area contributed by atoms with Crippen LogP contribution in [0, 0.1) is 0 Å². The number of benzene rings is 1. The van der Waals surface area contributed by atoms with Gasteiger partial charge in [0, 0.05) is 11.6 Å². The fourth-order valence-corrected chi connectivity index (χ4v) is 2.29. The minimum atomic E-state index is -0.345. The van der Waals surface area contributed by atoms with Crippen molar-refractivity contribution >= 4 is 23.2 Å². The van der Waals surface area contributed by atoms with Crippen LogP contribution in [-0.4, -0.2) is 9.78 Å². The molecule has 2 aromatic rings. The Morgan fingerprint density at radius 1 is 1.24 bits per heavy atom. The maximum absolute atomic E-state index is 11.9. The lowest BCUT2D eigenvalue weighted by atomic mass is 10.1. The van der Waals surface area contributed by atoms with Crippen LogP contribution in [-0.2, 0) is 6.54 Å². The smallest absolute Gasteiger partial charge is 0.289 e. The van der Waals surface area contributed by atoms with Gasteiger partial charge in [0.25, 0.3) is 5.56 Å². The minimum absolute atomic E-state index is 0.0549. The second kappa shape index (κ2) is 6.96. The van der Waals surface area contributed by atoms with E-state index in [1.165, 1.54) is 10.9 Å². The lowest BCUT2D eigenvalue weighted by Crippen LogP contribution is -2.23. The molecule has 0 bridgehead atoms. The van der Waals surface area contributed by atoms with E-state index in [0.717, 1.165) is 12.0 Å². The van der Waals surface area contributed by atoms with E-state index in [4.69, 9.17) is 27.9 Å². The van der Waals surface area contributed by atoms with Crippen molar-refractivity contribution in [1.82, 2.24) is 9.78 Å². The summed E-state index contributed by atoms with van der Waals surface area (Å²) < 4.78 is 7.14. The van der Waals surface area contributed by atoms with E-state index in [2.05, 4.69) is 5.10 Å². The van der Waals surface area contributed by atoms with Gasteiger partial charge in [0.15, 0.2) is 10.8 Å². The Kier molecular flexibility index (Phi) is 5.26. The van der Waals surface area contributed by atoms with Gasteiger partial charge in [0.2, 0.25) is 0 Å². The number of ether oxygens (including phenoxy) is 1. The molecule has 0 saturated heterocycles. The van der Waals surface area contributed by atoms with Crippen molar-refractivity contribution in [2.24, 2.45) is 0 Å². The van der Waals surface area contributed by atoms with Gasteiger partial charge in [-0.15, -0.1) is 0 Å². The highest BCUT2D eigenvalue weighted by Gasteiger charge is 2.16. The van der Waals surface area contributed by atoms with E-state index in [0.29, 0.717) is 17.3 Å². The maximum atomic E-state index is 11.9. The molecule has 0 saturated carbocycles. The molecule has 0 N–H and O–H groups in total. The van der Waals surface area contributed by atoms with Gasteiger partial charge < -0.3 is 4.74 Å². The molecule has 1 heterocycles. The third kappa shape index (κ3) is 3.57. The van der Waals surface area contributed by atoms with E-state index < -0.39 is 0 Å². The number of halogens is 2. The molecule has 1 aromatic heterocycles. The number of hydrogen-bond donors (Lipinski definition) is 0. The predicted molar refractivity (Wildman–Crippen MR) is 84.3 cm³/mol. The number of hydrogen-bond acceptors (Lipinski definition) is 3. The molecule has 0 aliphatic heterocycles. The van der Waals surface area contributed by atoms with Crippen LogP contribution >= 0.6 is 23.2 Å². The second-order valence-corrected chi connectivity index (χ2v) is 5.32. The Morgan fingerprint density at radius 3 is 2.48 bits per heavy atom. The van der Waals surface area contributed by atoms with Crippen LogP contribution in [0.25, 0.3) is 0 Å². The molecule has 112 valence electrons. The Morgan fingerprint density at radius 2 is 1.90 bits per heavy atom. The molecule has 0 aliphatic carbocycles. The highest BCUT2D eigenvalue weighted by molar-refractivity contribution is 6.31. The molecule has 0 radical (unpaired) electrons. The van der Waals surface area contributed by atoms with Crippen LogP contribution in [0.4, 0.5) is 0 Å². The van der Waals surface area contributed by atoms with Crippen molar-refractivity contribution in [3.05, 3.63) is 56.4 Å². The zero-order valence-electron chi connectivity index (χ0n) is 11.8. The quantitative estimate of drug-likeness (QED) is 0.830. The Balaban J connectivity index is 2.29. The molecule has 0 aliphatic rings. The van der Waals surface area contributed by atoms with Crippen LogP contribution in [0.5, 0.6) is 5.75 Å². The first-order valence-corrected chi connectivity index (χ1v) is 7.50. The normalized spacial score (nSPS) is 12.2. The van der Waals surface area contributed by atoms with Crippen LogP contribution in [0.1, 0.15) is 31.9 Å². The summed E-state index contributed by atoms with van der Waals surface area (Å²) in [7, 11) is 0. The van der Waals surface area contributed by atoms with Gasteiger partial charge in [0.1, 0.15) is 6.10 Å². The first-order valence-electron chi connectivity index (χ1n) is 6.74. The average Bonchev–Trinajstić information content (AvgIpc) is 2.50. The summed E-state index contributed by atoms with van der Waals surface area (Å²) >= 11 is 12.0. The third-order valence-electron chi connectivity index (χ3n) is 3.13. The van der Waals surface area contributed by atoms with Crippen molar-refractivity contribution in [3.63, 3.8) is 0 Å². The summed E-state index contributed by atoms with van der Waals surface area (Å²) in [6.45, 7) is 4.29. The second-order valence-electron chi connectivity index (χ2n) is 4.51. The third-order valence-corrected chi connectivity index (χ3v) is 3.73. The van der Waals surface area contributed by atoms with E-state index in [9.17, 15) is 4.79 Å². The molecule has 0 fully saturated rings. The van der Waals surface area contributed by atoms with Gasteiger partial charge in [-0.1, -0.05) is 42.3 Å². The molecule has 2 rings (SSSR count). The van der Waals surface area contributed by atoms with Gasteiger partial charge >= 0.3 is 0 Å². The first kappa shape index (κ1) is 15.9. The molecule has 0 spiro atoms. The predicted octanol–water partition coefficient (Wildman–Crippen LogP) is 4.10. The molecule has 1 unspecified atom stereocenters. The topological polar surface area (TPSA) is 44.1 Å². The standard InChI is InChI=1S/C15H16Cl2N2O2/c1-3-12(10-5-7-11(16)8-6-10)21-13-9-18-19(4-2)15(20)14(13)17/h5-9,12H,3-4H2,1-2H3. The number of rotatable bonds is 5. The van der Waals surface area contributed by atoms with Gasteiger partial charge in [0.05, 0.1) is 6.20 Å². The van der Waals surface area contributed by atoms with Gasteiger partial charge in [-0.2, -0.15) is 5.10 Å². The highest BCUT2D eigenvalue weighted by Crippen LogP contribution is 2.28. The van der Waals surface area contributed by atoms with Gasteiger partial charge in [-0.3, -0.25) is 4.79 Å². The fraction of sp³-hybridized carbons (Fsp3) is 0.333. The molecule has 1 atom stereocenters. The summed E-state index contributed by atoms with van der Waals surface area (Å²) in [5.41, 5.74) is 0.625. The Labute approximate surface area is 133 Å². The van der Waals surface area contributed by atoms with E-state index in [1.54, 1.807) is 12.1 Å². The summed E-state index contributed by atoms with van der Waals surface area (Å²) in [6.07, 6.45) is 2.00. The fourth-order valence-electron chi connectivity index (χ4n) is 1.98. The Hall–Kier alpha value is -1.52.